The summed E-state index contributed by atoms with van der Waals surface area (Å²) in [6, 6.07) is 14.5. The Bertz CT molecular complexity index is 1220. The summed E-state index contributed by atoms with van der Waals surface area (Å²) in [5.74, 6) is -1.21. The summed E-state index contributed by atoms with van der Waals surface area (Å²) in [6.07, 6.45) is 3.31. The number of hydrogen-bond acceptors (Lipinski definition) is 3. The van der Waals surface area contributed by atoms with E-state index < -0.39 is 11.7 Å². The number of amides is 2. The quantitative estimate of drug-likeness (QED) is 0.468. The van der Waals surface area contributed by atoms with Crippen LogP contribution in [0, 0.1) is 12.7 Å². The van der Waals surface area contributed by atoms with Gasteiger partial charge >= 0.3 is 0 Å². The number of anilines is 1. The summed E-state index contributed by atoms with van der Waals surface area (Å²) in [5.41, 5.74) is 3.55. The van der Waals surface area contributed by atoms with Crippen LogP contribution in [-0.4, -0.2) is 21.8 Å². The largest absolute Gasteiger partial charge is 0.349 e. The van der Waals surface area contributed by atoms with Gasteiger partial charge in [-0.25, -0.2) is 4.39 Å². The fourth-order valence-electron chi connectivity index (χ4n) is 3.16. The molecule has 7 heteroatoms. The number of H-pyrrole nitrogens is 1. The van der Waals surface area contributed by atoms with Crippen LogP contribution in [0.3, 0.4) is 0 Å². The van der Waals surface area contributed by atoms with Crippen molar-refractivity contribution in [3.05, 3.63) is 95.2 Å². The van der Waals surface area contributed by atoms with Crippen LogP contribution in [0.2, 0.25) is 0 Å². The van der Waals surface area contributed by atoms with Crippen LogP contribution < -0.4 is 10.6 Å². The van der Waals surface area contributed by atoms with Crippen molar-refractivity contribution in [2.24, 2.45) is 0 Å². The van der Waals surface area contributed by atoms with Crippen LogP contribution in [0.1, 0.15) is 32.0 Å². The van der Waals surface area contributed by atoms with E-state index in [1.807, 2.05) is 37.3 Å². The molecule has 2 aromatic heterocycles. The van der Waals surface area contributed by atoms with Gasteiger partial charge in [-0.05, 0) is 61.0 Å². The molecule has 0 bridgehead atoms. The van der Waals surface area contributed by atoms with Crippen LogP contribution >= 0.6 is 0 Å². The average molecular weight is 402 g/mol. The van der Waals surface area contributed by atoms with Crippen LogP contribution in [0.15, 0.2) is 67.0 Å². The molecule has 0 spiro atoms. The van der Waals surface area contributed by atoms with Crippen molar-refractivity contribution in [3.8, 4) is 0 Å². The highest BCUT2D eigenvalue weighted by atomic mass is 19.1. The van der Waals surface area contributed by atoms with E-state index in [1.165, 1.54) is 24.3 Å². The SMILES string of the molecule is Cc1ccc2[nH]c(C(=O)NCc3ccncc3)c(NC(=O)c3ccc(F)cc3)c2c1. The molecule has 2 aromatic carbocycles. The minimum atomic E-state index is -0.430. The number of rotatable bonds is 5. The molecule has 0 aliphatic heterocycles. The molecule has 2 amide bonds. The molecule has 0 atom stereocenters. The Hall–Kier alpha value is -4.00. The van der Waals surface area contributed by atoms with Gasteiger partial charge in [0, 0.05) is 35.4 Å². The van der Waals surface area contributed by atoms with Crippen LogP contribution in [-0.2, 0) is 6.54 Å². The van der Waals surface area contributed by atoms with Crippen molar-refractivity contribution in [2.75, 3.05) is 5.32 Å². The van der Waals surface area contributed by atoms with Gasteiger partial charge in [-0.1, -0.05) is 11.6 Å². The van der Waals surface area contributed by atoms with Gasteiger partial charge in [0.05, 0.1) is 5.69 Å². The number of aromatic nitrogens is 2. The zero-order valence-corrected chi connectivity index (χ0v) is 16.2. The van der Waals surface area contributed by atoms with Crippen molar-refractivity contribution in [3.63, 3.8) is 0 Å². The predicted molar refractivity (Wildman–Crippen MR) is 113 cm³/mol. The van der Waals surface area contributed by atoms with Crippen LogP contribution in [0.25, 0.3) is 10.9 Å². The van der Waals surface area contributed by atoms with E-state index in [1.54, 1.807) is 12.4 Å². The maximum Gasteiger partial charge on any atom is 0.270 e. The zero-order valence-electron chi connectivity index (χ0n) is 16.2. The summed E-state index contributed by atoms with van der Waals surface area (Å²) in [4.78, 5) is 32.7. The van der Waals surface area contributed by atoms with E-state index in [4.69, 9.17) is 0 Å². The standard InChI is InChI=1S/C23H19FN4O2/c1-14-2-7-19-18(12-14)20(28-22(29)16-3-5-17(24)6-4-16)21(27-19)23(30)26-13-15-8-10-25-11-9-15/h2-12,27H,13H2,1H3,(H,26,30)(H,28,29). The maximum atomic E-state index is 13.2. The molecule has 0 radical (unpaired) electrons. The minimum Gasteiger partial charge on any atom is -0.349 e. The molecule has 0 fully saturated rings. The molecular formula is C23H19FN4O2. The Labute approximate surface area is 172 Å². The van der Waals surface area contributed by atoms with Crippen molar-refractivity contribution in [1.82, 2.24) is 15.3 Å². The van der Waals surface area contributed by atoms with Crippen molar-refractivity contribution in [1.29, 1.82) is 0 Å². The van der Waals surface area contributed by atoms with E-state index in [2.05, 4.69) is 20.6 Å². The third kappa shape index (κ3) is 4.05. The van der Waals surface area contributed by atoms with E-state index >= 15 is 0 Å². The number of aromatic amines is 1. The monoisotopic (exact) mass is 402 g/mol. The van der Waals surface area contributed by atoms with E-state index in [9.17, 15) is 14.0 Å². The number of carbonyl (C=O) groups excluding carboxylic acids is 2. The second kappa shape index (κ2) is 8.16. The van der Waals surface area contributed by atoms with Crippen molar-refractivity contribution in [2.45, 2.75) is 13.5 Å². The summed E-state index contributed by atoms with van der Waals surface area (Å²) >= 11 is 0. The fourth-order valence-corrected chi connectivity index (χ4v) is 3.16. The number of carbonyl (C=O) groups is 2. The molecule has 0 aliphatic rings. The highest BCUT2D eigenvalue weighted by Crippen LogP contribution is 2.29. The lowest BCUT2D eigenvalue weighted by atomic mass is 10.1. The lowest BCUT2D eigenvalue weighted by Crippen LogP contribution is -2.25. The molecule has 150 valence electrons. The Morgan fingerprint density at radius 3 is 2.47 bits per heavy atom. The third-order valence-corrected chi connectivity index (χ3v) is 4.73. The van der Waals surface area contributed by atoms with Gasteiger partial charge in [-0.2, -0.15) is 0 Å². The van der Waals surface area contributed by atoms with Gasteiger partial charge in [0.15, 0.2) is 0 Å². The number of benzene rings is 2. The molecular weight excluding hydrogens is 383 g/mol. The molecule has 6 nitrogen and oxygen atoms in total. The Kier molecular flexibility index (Phi) is 5.26. The van der Waals surface area contributed by atoms with Gasteiger partial charge < -0.3 is 15.6 Å². The molecule has 0 saturated heterocycles. The number of halogens is 1. The fraction of sp³-hybridized carbons (Fsp3) is 0.0870. The van der Waals surface area contributed by atoms with Crippen LogP contribution in [0.4, 0.5) is 10.1 Å². The highest BCUT2D eigenvalue weighted by molar-refractivity contribution is 6.15. The van der Waals surface area contributed by atoms with Gasteiger partial charge in [0.1, 0.15) is 11.5 Å². The number of nitrogens with one attached hydrogen (secondary N) is 3. The Morgan fingerprint density at radius 2 is 1.73 bits per heavy atom. The van der Waals surface area contributed by atoms with E-state index in [0.717, 1.165) is 22.0 Å². The molecule has 0 aliphatic carbocycles. The normalized spacial score (nSPS) is 10.7. The molecule has 2 heterocycles. The highest BCUT2D eigenvalue weighted by Gasteiger charge is 2.20. The molecule has 30 heavy (non-hydrogen) atoms. The maximum absolute atomic E-state index is 13.2. The Morgan fingerprint density at radius 1 is 1.00 bits per heavy atom. The molecule has 0 saturated carbocycles. The molecule has 3 N–H and O–H groups in total. The zero-order chi connectivity index (χ0) is 21.1. The first-order valence-corrected chi connectivity index (χ1v) is 9.37. The number of pyridine rings is 1. The van der Waals surface area contributed by atoms with Crippen molar-refractivity contribution < 1.29 is 14.0 Å². The number of nitrogens with zero attached hydrogens (tertiary/aromatic N) is 1. The topological polar surface area (TPSA) is 86.9 Å². The third-order valence-electron chi connectivity index (χ3n) is 4.73. The number of aryl methyl sites for hydroxylation is 1. The van der Waals surface area contributed by atoms with Gasteiger partial charge in [-0.15, -0.1) is 0 Å². The van der Waals surface area contributed by atoms with Gasteiger partial charge in [0.25, 0.3) is 11.8 Å². The smallest absolute Gasteiger partial charge is 0.270 e. The summed E-state index contributed by atoms with van der Waals surface area (Å²) < 4.78 is 13.2. The molecule has 4 aromatic rings. The minimum absolute atomic E-state index is 0.250. The van der Waals surface area contributed by atoms with Crippen LogP contribution in [0.5, 0.6) is 0 Å². The second-order valence-corrected chi connectivity index (χ2v) is 6.92. The molecule has 4 rings (SSSR count). The Balaban J connectivity index is 1.66. The lowest BCUT2D eigenvalue weighted by molar-refractivity contribution is 0.0947. The van der Waals surface area contributed by atoms with Gasteiger partial charge in [0.2, 0.25) is 0 Å². The second-order valence-electron chi connectivity index (χ2n) is 6.92. The van der Waals surface area contributed by atoms with Gasteiger partial charge in [-0.3, -0.25) is 14.6 Å². The first-order valence-electron chi connectivity index (χ1n) is 9.37. The first kappa shape index (κ1) is 19.3. The number of fused-ring (bicyclic) bond motifs is 1. The molecule has 0 unspecified atom stereocenters. The van der Waals surface area contributed by atoms with Crippen molar-refractivity contribution >= 4 is 28.4 Å². The lowest BCUT2D eigenvalue weighted by Gasteiger charge is -2.09. The summed E-state index contributed by atoms with van der Waals surface area (Å²) in [7, 11) is 0. The van der Waals surface area contributed by atoms with E-state index in [-0.39, 0.29) is 11.6 Å². The summed E-state index contributed by atoms with van der Waals surface area (Å²) in [6.45, 7) is 2.25. The first-order chi connectivity index (χ1) is 14.5. The number of hydrogen-bond donors (Lipinski definition) is 3. The average Bonchev–Trinajstić information content (AvgIpc) is 3.11. The van der Waals surface area contributed by atoms with E-state index in [0.29, 0.717) is 17.8 Å². The predicted octanol–water partition coefficient (Wildman–Crippen LogP) is 4.19. The summed E-state index contributed by atoms with van der Waals surface area (Å²) in [5, 5.41) is 6.39.